The molecule has 1 aromatic heterocycles. The van der Waals surface area contributed by atoms with Crippen LogP contribution in [0.4, 0.5) is 0 Å². The van der Waals surface area contributed by atoms with Crippen LogP contribution in [-0.4, -0.2) is 24.9 Å². The van der Waals surface area contributed by atoms with Crippen molar-refractivity contribution in [1.29, 1.82) is 0 Å². The van der Waals surface area contributed by atoms with E-state index in [0.717, 1.165) is 33.9 Å². The average molecular weight is 452 g/mol. The second-order valence-corrected chi connectivity index (χ2v) is 9.45. The molecule has 3 aromatic carbocycles. The summed E-state index contributed by atoms with van der Waals surface area (Å²) in [5.74, 6) is 0.738. The molecule has 0 unspecified atom stereocenters. The molecule has 1 heterocycles. The standard InChI is InChI=1S/C24H22ClN3O2S/c1-17-7-13-21(14-8-17)31(29,30)26-16-15-22-23(18-9-11-20(25)12-10-18)28-24(27-22)19-5-3-2-4-6-19/h2-14,26H,15-16H2,1H3,(H,27,28). The summed E-state index contributed by atoms with van der Waals surface area (Å²) in [6, 6.07) is 24.1. The van der Waals surface area contributed by atoms with E-state index < -0.39 is 10.0 Å². The van der Waals surface area contributed by atoms with E-state index in [-0.39, 0.29) is 11.4 Å². The number of H-pyrrole nitrogens is 1. The topological polar surface area (TPSA) is 74.8 Å². The summed E-state index contributed by atoms with van der Waals surface area (Å²) < 4.78 is 27.9. The molecule has 5 nitrogen and oxygen atoms in total. The van der Waals surface area contributed by atoms with Gasteiger partial charge in [-0.2, -0.15) is 0 Å². The van der Waals surface area contributed by atoms with Crippen molar-refractivity contribution in [3.63, 3.8) is 0 Å². The molecule has 0 amide bonds. The molecule has 0 aliphatic heterocycles. The number of aromatic amines is 1. The number of sulfonamides is 1. The summed E-state index contributed by atoms with van der Waals surface area (Å²) in [4.78, 5) is 8.41. The van der Waals surface area contributed by atoms with Crippen LogP contribution in [0.2, 0.25) is 5.02 Å². The Labute approximate surface area is 187 Å². The number of imidazole rings is 1. The lowest BCUT2D eigenvalue weighted by Gasteiger charge is -2.07. The van der Waals surface area contributed by atoms with Crippen LogP contribution in [0.5, 0.6) is 0 Å². The molecule has 7 heteroatoms. The molecule has 2 N–H and O–H groups in total. The predicted molar refractivity (Wildman–Crippen MR) is 125 cm³/mol. The van der Waals surface area contributed by atoms with Gasteiger partial charge >= 0.3 is 0 Å². The van der Waals surface area contributed by atoms with Crippen LogP contribution in [0, 0.1) is 6.92 Å². The van der Waals surface area contributed by atoms with E-state index in [1.165, 1.54) is 0 Å². The minimum atomic E-state index is -3.58. The zero-order valence-electron chi connectivity index (χ0n) is 17.0. The second kappa shape index (κ2) is 9.06. The third-order valence-corrected chi connectivity index (χ3v) is 6.67. The Morgan fingerprint density at radius 2 is 1.58 bits per heavy atom. The van der Waals surface area contributed by atoms with Gasteiger partial charge < -0.3 is 4.98 Å². The number of nitrogens with one attached hydrogen (secondary N) is 2. The number of aromatic nitrogens is 2. The van der Waals surface area contributed by atoms with Gasteiger partial charge in [0.25, 0.3) is 0 Å². The molecule has 31 heavy (non-hydrogen) atoms. The average Bonchev–Trinajstić information content (AvgIpc) is 3.19. The molecule has 158 valence electrons. The predicted octanol–water partition coefficient (Wildman–Crippen LogP) is 5.23. The van der Waals surface area contributed by atoms with Crippen LogP contribution in [0.3, 0.4) is 0 Å². The molecule has 4 rings (SSSR count). The molecule has 4 aromatic rings. The maximum absolute atomic E-state index is 12.6. The van der Waals surface area contributed by atoms with Crippen LogP contribution >= 0.6 is 11.6 Å². The zero-order chi connectivity index (χ0) is 21.8. The Hall–Kier alpha value is -2.93. The van der Waals surface area contributed by atoms with Gasteiger partial charge in [-0.15, -0.1) is 0 Å². The molecule has 0 radical (unpaired) electrons. The maximum Gasteiger partial charge on any atom is 0.240 e. The molecular weight excluding hydrogens is 430 g/mol. The van der Waals surface area contributed by atoms with E-state index in [4.69, 9.17) is 16.6 Å². The molecule has 0 bridgehead atoms. The van der Waals surface area contributed by atoms with Crippen molar-refractivity contribution in [2.75, 3.05) is 6.54 Å². The van der Waals surface area contributed by atoms with Crippen molar-refractivity contribution in [2.24, 2.45) is 0 Å². The number of nitrogens with zero attached hydrogens (tertiary/aromatic N) is 1. The molecule has 0 atom stereocenters. The largest absolute Gasteiger partial charge is 0.341 e. The van der Waals surface area contributed by atoms with Gasteiger partial charge in [-0.25, -0.2) is 18.1 Å². The molecule has 0 spiro atoms. The van der Waals surface area contributed by atoms with Crippen LogP contribution in [0.15, 0.2) is 83.8 Å². The van der Waals surface area contributed by atoms with E-state index in [9.17, 15) is 8.42 Å². The van der Waals surface area contributed by atoms with E-state index in [2.05, 4.69) is 9.71 Å². The van der Waals surface area contributed by atoms with E-state index in [1.807, 2.05) is 61.5 Å². The number of hydrogen-bond acceptors (Lipinski definition) is 3. The molecule has 0 saturated carbocycles. The summed E-state index contributed by atoms with van der Waals surface area (Å²) in [6.07, 6.45) is 0.461. The van der Waals surface area contributed by atoms with Gasteiger partial charge in [0, 0.05) is 34.8 Å². The van der Waals surface area contributed by atoms with Crippen molar-refractivity contribution in [1.82, 2.24) is 14.7 Å². The lowest BCUT2D eigenvalue weighted by Crippen LogP contribution is -2.26. The van der Waals surface area contributed by atoms with Crippen molar-refractivity contribution >= 4 is 21.6 Å². The molecule has 0 fully saturated rings. The highest BCUT2D eigenvalue weighted by molar-refractivity contribution is 7.89. The van der Waals surface area contributed by atoms with Gasteiger partial charge in [-0.1, -0.05) is 71.8 Å². The monoisotopic (exact) mass is 451 g/mol. The normalized spacial score (nSPS) is 11.5. The summed E-state index contributed by atoms with van der Waals surface area (Å²) in [5.41, 5.74) is 4.53. The van der Waals surface area contributed by atoms with Crippen LogP contribution < -0.4 is 4.72 Å². The molecule has 0 aliphatic rings. The zero-order valence-corrected chi connectivity index (χ0v) is 18.5. The first kappa shape index (κ1) is 21.3. The first-order valence-corrected chi connectivity index (χ1v) is 11.7. The third-order valence-electron chi connectivity index (χ3n) is 4.94. The third kappa shape index (κ3) is 5.05. The number of aryl methyl sites for hydroxylation is 1. The fraction of sp³-hybridized carbons (Fsp3) is 0.125. The molecular formula is C24H22ClN3O2S. The fourth-order valence-corrected chi connectivity index (χ4v) is 4.44. The minimum absolute atomic E-state index is 0.243. The smallest absolute Gasteiger partial charge is 0.240 e. The SMILES string of the molecule is Cc1ccc(S(=O)(=O)NCCc2[nH]c(-c3ccccc3)nc2-c2ccc(Cl)cc2)cc1. The highest BCUT2D eigenvalue weighted by Crippen LogP contribution is 2.27. The first-order chi connectivity index (χ1) is 14.9. The fourth-order valence-electron chi connectivity index (χ4n) is 3.28. The first-order valence-electron chi connectivity index (χ1n) is 9.89. The van der Waals surface area contributed by atoms with Crippen molar-refractivity contribution in [2.45, 2.75) is 18.2 Å². The van der Waals surface area contributed by atoms with Crippen LogP contribution in [0.25, 0.3) is 22.6 Å². The summed E-state index contributed by atoms with van der Waals surface area (Å²) in [6.45, 7) is 2.16. The number of benzene rings is 3. The second-order valence-electron chi connectivity index (χ2n) is 7.25. The number of halogens is 1. The van der Waals surface area contributed by atoms with E-state index >= 15 is 0 Å². The summed E-state index contributed by atoms with van der Waals surface area (Å²) >= 11 is 6.04. The Morgan fingerprint density at radius 1 is 0.903 bits per heavy atom. The Bertz CT molecular complexity index is 1270. The number of rotatable bonds is 7. The van der Waals surface area contributed by atoms with E-state index in [1.54, 1.807) is 24.3 Å². The summed E-state index contributed by atoms with van der Waals surface area (Å²) in [5, 5.41) is 0.648. The van der Waals surface area contributed by atoms with Gasteiger partial charge in [-0.3, -0.25) is 0 Å². The van der Waals surface area contributed by atoms with Crippen molar-refractivity contribution in [3.05, 3.63) is 95.1 Å². The maximum atomic E-state index is 12.6. The van der Waals surface area contributed by atoms with Crippen molar-refractivity contribution in [3.8, 4) is 22.6 Å². The lowest BCUT2D eigenvalue weighted by molar-refractivity contribution is 0.581. The molecule has 0 saturated heterocycles. The Morgan fingerprint density at radius 3 is 2.26 bits per heavy atom. The highest BCUT2D eigenvalue weighted by Gasteiger charge is 2.16. The Kier molecular flexibility index (Phi) is 6.23. The number of hydrogen-bond donors (Lipinski definition) is 2. The van der Waals surface area contributed by atoms with Gasteiger partial charge in [0.05, 0.1) is 10.6 Å². The van der Waals surface area contributed by atoms with Gasteiger partial charge in [0.15, 0.2) is 0 Å². The lowest BCUT2D eigenvalue weighted by atomic mass is 10.1. The summed E-state index contributed by atoms with van der Waals surface area (Å²) in [7, 11) is -3.58. The van der Waals surface area contributed by atoms with Gasteiger partial charge in [0.1, 0.15) is 5.82 Å². The minimum Gasteiger partial charge on any atom is -0.341 e. The molecule has 0 aliphatic carbocycles. The Balaban J connectivity index is 1.58. The van der Waals surface area contributed by atoms with Crippen LogP contribution in [-0.2, 0) is 16.4 Å². The quantitative estimate of drug-likeness (QED) is 0.404. The van der Waals surface area contributed by atoms with Crippen LogP contribution in [0.1, 0.15) is 11.3 Å². The van der Waals surface area contributed by atoms with Crippen molar-refractivity contribution < 1.29 is 8.42 Å². The highest BCUT2D eigenvalue weighted by atomic mass is 35.5. The van der Waals surface area contributed by atoms with Gasteiger partial charge in [0.2, 0.25) is 10.0 Å². The van der Waals surface area contributed by atoms with Gasteiger partial charge in [-0.05, 0) is 31.2 Å². The van der Waals surface area contributed by atoms with E-state index in [0.29, 0.717) is 11.4 Å².